The van der Waals surface area contributed by atoms with Gasteiger partial charge in [0.25, 0.3) is 5.91 Å². The van der Waals surface area contributed by atoms with Crippen LogP contribution in [0.25, 0.3) is 0 Å². The number of thiazole rings is 1. The topological polar surface area (TPSA) is 98.8 Å². The Morgan fingerprint density at radius 2 is 1.85 bits per heavy atom. The molecule has 0 spiro atoms. The molecule has 0 atom stereocenters. The van der Waals surface area contributed by atoms with Gasteiger partial charge in [-0.1, -0.05) is 0 Å². The Labute approximate surface area is 194 Å². The molecular formula is C23H24FN3O5S. The average molecular weight is 474 g/mol. The molecule has 10 heteroatoms. The number of hydrogen-bond acceptors (Lipinski definition) is 7. The Morgan fingerprint density at radius 3 is 2.52 bits per heavy atom. The van der Waals surface area contributed by atoms with Crippen LogP contribution >= 0.6 is 11.3 Å². The van der Waals surface area contributed by atoms with Gasteiger partial charge in [0.1, 0.15) is 18.0 Å². The van der Waals surface area contributed by atoms with E-state index in [-0.39, 0.29) is 23.5 Å². The summed E-state index contributed by atoms with van der Waals surface area (Å²) in [4.78, 5) is 29.1. The lowest BCUT2D eigenvalue weighted by atomic mass is 10.1. The maximum atomic E-state index is 13.8. The molecule has 0 fully saturated rings. The first-order chi connectivity index (χ1) is 15.6. The predicted molar refractivity (Wildman–Crippen MR) is 124 cm³/mol. The lowest BCUT2D eigenvalue weighted by molar-refractivity contribution is 0.0635. The molecule has 0 aliphatic heterocycles. The van der Waals surface area contributed by atoms with E-state index >= 15 is 0 Å². The molecule has 174 valence electrons. The van der Waals surface area contributed by atoms with Crippen molar-refractivity contribution < 1.29 is 28.2 Å². The fraction of sp³-hybridized carbons (Fsp3) is 0.261. The van der Waals surface area contributed by atoms with Crippen molar-refractivity contribution in [2.45, 2.75) is 33.0 Å². The zero-order valence-corrected chi connectivity index (χ0v) is 19.4. The number of amides is 2. The van der Waals surface area contributed by atoms with E-state index < -0.39 is 23.4 Å². The van der Waals surface area contributed by atoms with E-state index in [1.54, 1.807) is 38.4 Å². The second kappa shape index (κ2) is 10.3. The minimum atomic E-state index is -0.729. The van der Waals surface area contributed by atoms with Gasteiger partial charge in [-0.2, -0.15) is 0 Å². The van der Waals surface area contributed by atoms with Gasteiger partial charge in [-0.05, 0) is 57.2 Å². The summed E-state index contributed by atoms with van der Waals surface area (Å²) in [5, 5.41) is 7.00. The number of aromatic nitrogens is 1. The fourth-order valence-electron chi connectivity index (χ4n) is 2.73. The lowest BCUT2D eigenvalue weighted by Crippen LogP contribution is -2.27. The molecule has 0 aliphatic rings. The van der Waals surface area contributed by atoms with Crippen LogP contribution in [0.5, 0.6) is 11.5 Å². The molecule has 8 nitrogen and oxygen atoms in total. The van der Waals surface area contributed by atoms with Gasteiger partial charge >= 0.3 is 6.09 Å². The number of nitrogens with one attached hydrogen (secondary N) is 2. The Morgan fingerprint density at radius 1 is 1.06 bits per heavy atom. The molecule has 0 saturated carbocycles. The largest absolute Gasteiger partial charge is 0.493 e. The highest BCUT2D eigenvalue weighted by atomic mass is 32.1. The van der Waals surface area contributed by atoms with Gasteiger partial charge < -0.3 is 19.5 Å². The Bertz CT molecular complexity index is 1130. The van der Waals surface area contributed by atoms with Crippen LogP contribution in [-0.4, -0.2) is 29.7 Å². The van der Waals surface area contributed by atoms with Crippen LogP contribution in [-0.2, 0) is 11.3 Å². The third-order valence-electron chi connectivity index (χ3n) is 4.15. The molecule has 2 N–H and O–H groups in total. The molecule has 0 radical (unpaired) electrons. The first-order valence-corrected chi connectivity index (χ1v) is 10.9. The van der Waals surface area contributed by atoms with Gasteiger partial charge in [-0.15, -0.1) is 11.3 Å². The summed E-state index contributed by atoms with van der Waals surface area (Å²) in [7, 11) is 1.46. The molecule has 33 heavy (non-hydrogen) atoms. The molecule has 0 bridgehead atoms. The van der Waals surface area contributed by atoms with Crippen molar-refractivity contribution >= 4 is 34.7 Å². The molecule has 1 heterocycles. The molecule has 2 aromatic carbocycles. The van der Waals surface area contributed by atoms with Crippen LogP contribution in [0.4, 0.5) is 20.6 Å². The van der Waals surface area contributed by atoms with Crippen molar-refractivity contribution in [1.82, 2.24) is 4.98 Å². The maximum absolute atomic E-state index is 13.8. The van der Waals surface area contributed by atoms with Crippen LogP contribution in [0.2, 0.25) is 0 Å². The Balaban J connectivity index is 1.75. The SMILES string of the molecule is COc1cc(C(=O)Nc2cc(F)ccc2NC(=O)OC(C)(C)C)ccc1OCc1cscn1. The second-order valence-electron chi connectivity index (χ2n) is 7.91. The maximum Gasteiger partial charge on any atom is 0.412 e. The summed E-state index contributed by atoms with van der Waals surface area (Å²) in [6.45, 7) is 5.42. The third kappa shape index (κ3) is 6.91. The standard InChI is InChI=1S/C23H24FN3O5S/c1-23(2,3)32-22(29)27-17-7-6-15(24)10-18(17)26-21(28)14-5-8-19(20(9-14)30-4)31-11-16-12-33-13-25-16/h5-10,12-13H,11H2,1-4H3,(H,26,28)(H,27,29). The average Bonchev–Trinajstić information content (AvgIpc) is 3.26. The quantitative estimate of drug-likeness (QED) is 0.472. The highest BCUT2D eigenvalue weighted by molar-refractivity contribution is 7.07. The van der Waals surface area contributed by atoms with Crippen molar-refractivity contribution in [2.24, 2.45) is 0 Å². The predicted octanol–water partition coefficient (Wildman–Crippen LogP) is 5.47. The monoisotopic (exact) mass is 473 g/mol. The van der Waals surface area contributed by atoms with E-state index in [0.29, 0.717) is 11.5 Å². The van der Waals surface area contributed by atoms with Gasteiger partial charge in [-0.25, -0.2) is 14.2 Å². The number of hydrogen-bond donors (Lipinski definition) is 2. The van der Waals surface area contributed by atoms with Crippen molar-refractivity contribution in [3.63, 3.8) is 0 Å². The Hall–Kier alpha value is -3.66. The Kier molecular flexibility index (Phi) is 7.49. The fourth-order valence-corrected chi connectivity index (χ4v) is 3.27. The molecule has 1 aromatic heterocycles. The van der Waals surface area contributed by atoms with Gasteiger partial charge in [-0.3, -0.25) is 10.1 Å². The first-order valence-electron chi connectivity index (χ1n) is 9.93. The summed E-state index contributed by atoms with van der Waals surface area (Å²) < 4.78 is 30.1. The van der Waals surface area contributed by atoms with Gasteiger partial charge in [0.15, 0.2) is 11.5 Å². The normalized spacial score (nSPS) is 10.9. The molecular weight excluding hydrogens is 449 g/mol. The highest BCUT2D eigenvalue weighted by Crippen LogP contribution is 2.30. The number of carbonyl (C=O) groups is 2. The summed E-state index contributed by atoms with van der Waals surface area (Å²) in [6.07, 6.45) is -0.729. The number of benzene rings is 2. The zero-order chi connectivity index (χ0) is 24.0. The minimum Gasteiger partial charge on any atom is -0.493 e. The van der Waals surface area contributed by atoms with E-state index in [2.05, 4.69) is 15.6 Å². The number of halogens is 1. The second-order valence-corrected chi connectivity index (χ2v) is 8.62. The molecule has 3 aromatic rings. The van der Waals surface area contributed by atoms with Crippen LogP contribution in [0, 0.1) is 5.82 Å². The van der Waals surface area contributed by atoms with Gasteiger partial charge in [0.2, 0.25) is 0 Å². The summed E-state index contributed by atoms with van der Waals surface area (Å²) in [5.41, 5.74) is 2.29. The highest BCUT2D eigenvalue weighted by Gasteiger charge is 2.19. The van der Waals surface area contributed by atoms with Crippen LogP contribution in [0.15, 0.2) is 47.3 Å². The molecule has 0 unspecified atom stereocenters. The number of anilines is 2. The van der Waals surface area contributed by atoms with Crippen LogP contribution in [0.3, 0.4) is 0 Å². The summed E-state index contributed by atoms with van der Waals surface area (Å²) >= 11 is 1.46. The number of methoxy groups -OCH3 is 1. The van der Waals surface area contributed by atoms with E-state index in [1.807, 2.05) is 5.38 Å². The lowest BCUT2D eigenvalue weighted by Gasteiger charge is -2.20. The van der Waals surface area contributed by atoms with Gasteiger partial charge in [0.05, 0.1) is 29.7 Å². The number of rotatable bonds is 7. The number of ether oxygens (including phenoxy) is 3. The molecule has 0 aliphatic carbocycles. The van der Waals surface area contributed by atoms with Crippen molar-refractivity contribution in [3.8, 4) is 11.5 Å². The smallest absolute Gasteiger partial charge is 0.412 e. The van der Waals surface area contributed by atoms with Crippen LogP contribution < -0.4 is 20.1 Å². The number of carbonyl (C=O) groups excluding carboxylic acids is 2. The third-order valence-corrected chi connectivity index (χ3v) is 4.79. The van der Waals surface area contributed by atoms with Crippen LogP contribution in [0.1, 0.15) is 36.8 Å². The van der Waals surface area contributed by atoms with Gasteiger partial charge in [0, 0.05) is 10.9 Å². The summed E-state index contributed by atoms with van der Waals surface area (Å²) in [5.74, 6) is -0.315. The van der Waals surface area contributed by atoms with E-state index in [4.69, 9.17) is 14.2 Å². The minimum absolute atomic E-state index is 0.0775. The van der Waals surface area contributed by atoms with E-state index in [1.165, 1.54) is 36.6 Å². The van der Waals surface area contributed by atoms with Crippen molar-refractivity contribution in [2.75, 3.05) is 17.7 Å². The molecule has 0 saturated heterocycles. The van der Waals surface area contributed by atoms with Crippen molar-refractivity contribution in [3.05, 3.63) is 64.4 Å². The first kappa shape index (κ1) is 24.0. The van der Waals surface area contributed by atoms with Crippen molar-refractivity contribution in [1.29, 1.82) is 0 Å². The van der Waals surface area contributed by atoms with E-state index in [9.17, 15) is 14.0 Å². The zero-order valence-electron chi connectivity index (χ0n) is 18.6. The molecule has 2 amide bonds. The summed E-state index contributed by atoms with van der Waals surface area (Å²) in [6, 6.07) is 8.27. The van der Waals surface area contributed by atoms with E-state index in [0.717, 1.165) is 11.8 Å². The molecule has 3 rings (SSSR count). The number of nitrogens with zero attached hydrogens (tertiary/aromatic N) is 1.